The van der Waals surface area contributed by atoms with Crippen molar-refractivity contribution in [3.8, 4) is 5.75 Å². The maximum Gasteiger partial charge on any atom is 0.203 e. The Bertz CT molecular complexity index is 925. The molecule has 0 amide bonds. The molecule has 0 saturated heterocycles. The van der Waals surface area contributed by atoms with Crippen LogP contribution in [0, 0.1) is 5.41 Å². The molecule has 0 radical (unpaired) electrons. The van der Waals surface area contributed by atoms with Crippen molar-refractivity contribution in [2.24, 2.45) is 0 Å². The fourth-order valence-corrected chi connectivity index (χ4v) is 3.44. The average Bonchev–Trinajstić information content (AvgIpc) is 2.96. The van der Waals surface area contributed by atoms with Gasteiger partial charge in [-0.25, -0.2) is 0 Å². The van der Waals surface area contributed by atoms with Gasteiger partial charge in [0.25, 0.3) is 0 Å². The van der Waals surface area contributed by atoms with Crippen molar-refractivity contribution in [1.82, 2.24) is 14.0 Å². The van der Waals surface area contributed by atoms with Gasteiger partial charge in [-0.1, -0.05) is 37.6 Å². The van der Waals surface area contributed by atoms with Gasteiger partial charge in [0.15, 0.2) is 0 Å². The number of halogens is 1. The fraction of sp³-hybridized carbons (Fsp3) is 0.381. The predicted octanol–water partition coefficient (Wildman–Crippen LogP) is 4.00. The van der Waals surface area contributed by atoms with E-state index in [9.17, 15) is 0 Å². The Kier molecular flexibility index (Phi) is 6.58. The van der Waals surface area contributed by atoms with Crippen LogP contribution in [0.1, 0.15) is 13.8 Å². The van der Waals surface area contributed by atoms with Crippen molar-refractivity contribution < 1.29 is 4.74 Å². The molecule has 6 heteroatoms. The zero-order valence-corrected chi connectivity index (χ0v) is 16.7. The SMILES string of the molecule is CCN(CC)CCn1c(=N)n(CCOc2ccc(Cl)cc2)c2ccccc21. The maximum absolute atomic E-state index is 8.68. The summed E-state index contributed by atoms with van der Waals surface area (Å²) in [5.74, 6) is 0.789. The first-order valence-corrected chi connectivity index (χ1v) is 9.85. The monoisotopic (exact) mass is 386 g/mol. The van der Waals surface area contributed by atoms with E-state index in [2.05, 4.69) is 35.4 Å². The number of fused-ring (bicyclic) bond motifs is 1. The molecule has 0 saturated carbocycles. The molecule has 0 spiro atoms. The molecule has 2 aromatic carbocycles. The average molecular weight is 387 g/mol. The van der Waals surface area contributed by atoms with E-state index in [-0.39, 0.29) is 0 Å². The quantitative estimate of drug-likeness (QED) is 0.604. The third-order valence-corrected chi connectivity index (χ3v) is 5.16. The van der Waals surface area contributed by atoms with E-state index < -0.39 is 0 Å². The van der Waals surface area contributed by atoms with Crippen LogP contribution in [-0.2, 0) is 13.1 Å². The van der Waals surface area contributed by atoms with Crippen LogP contribution in [-0.4, -0.2) is 40.3 Å². The number of para-hydroxylation sites is 2. The van der Waals surface area contributed by atoms with E-state index >= 15 is 0 Å². The molecule has 0 aliphatic carbocycles. The first-order chi connectivity index (χ1) is 13.1. The lowest BCUT2D eigenvalue weighted by molar-refractivity contribution is 0.284. The van der Waals surface area contributed by atoms with Crippen molar-refractivity contribution in [2.75, 3.05) is 26.2 Å². The van der Waals surface area contributed by atoms with Gasteiger partial charge in [0.1, 0.15) is 12.4 Å². The number of nitrogens with one attached hydrogen (secondary N) is 1. The highest BCUT2D eigenvalue weighted by Gasteiger charge is 2.11. The largest absolute Gasteiger partial charge is 0.492 e. The molecule has 1 aromatic heterocycles. The van der Waals surface area contributed by atoms with Gasteiger partial charge in [-0.3, -0.25) is 5.41 Å². The van der Waals surface area contributed by atoms with Crippen LogP contribution in [0.2, 0.25) is 5.02 Å². The van der Waals surface area contributed by atoms with Crippen molar-refractivity contribution in [1.29, 1.82) is 5.41 Å². The first-order valence-electron chi connectivity index (χ1n) is 9.47. The van der Waals surface area contributed by atoms with Gasteiger partial charge in [0.05, 0.1) is 17.6 Å². The smallest absolute Gasteiger partial charge is 0.203 e. The van der Waals surface area contributed by atoms with E-state index in [1.807, 2.05) is 41.0 Å². The molecule has 0 aliphatic rings. The molecular weight excluding hydrogens is 360 g/mol. The summed E-state index contributed by atoms with van der Waals surface area (Å²) in [6, 6.07) is 15.6. The standard InChI is InChI=1S/C21H27ClN4O/c1-3-24(4-2)13-14-25-19-7-5-6-8-20(19)26(21(25)23)15-16-27-18-11-9-17(22)10-12-18/h5-12,23H,3-4,13-16H2,1-2H3. The number of hydrogen-bond acceptors (Lipinski definition) is 3. The lowest BCUT2D eigenvalue weighted by Crippen LogP contribution is -2.32. The molecule has 0 bridgehead atoms. The zero-order valence-electron chi connectivity index (χ0n) is 16.0. The van der Waals surface area contributed by atoms with E-state index in [0.717, 1.165) is 43.0 Å². The van der Waals surface area contributed by atoms with E-state index in [1.54, 1.807) is 0 Å². The Morgan fingerprint density at radius 3 is 2.11 bits per heavy atom. The first kappa shape index (κ1) is 19.5. The highest BCUT2D eigenvalue weighted by atomic mass is 35.5. The molecule has 144 valence electrons. The minimum absolute atomic E-state index is 0.502. The number of imidazole rings is 1. The summed E-state index contributed by atoms with van der Waals surface area (Å²) in [5.41, 5.74) is 2.69. The molecule has 3 aromatic rings. The predicted molar refractivity (Wildman–Crippen MR) is 111 cm³/mol. The molecule has 5 nitrogen and oxygen atoms in total. The third kappa shape index (κ3) is 4.54. The molecule has 0 aliphatic heterocycles. The highest BCUT2D eigenvalue weighted by molar-refractivity contribution is 6.30. The van der Waals surface area contributed by atoms with Crippen LogP contribution in [0.3, 0.4) is 0 Å². The third-order valence-electron chi connectivity index (χ3n) is 4.91. The van der Waals surface area contributed by atoms with Crippen LogP contribution >= 0.6 is 11.6 Å². The molecule has 1 heterocycles. The topological polar surface area (TPSA) is 46.2 Å². The van der Waals surface area contributed by atoms with E-state index in [1.165, 1.54) is 0 Å². The van der Waals surface area contributed by atoms with Gasteiger partial charge >= 0.3 is 0 Å². The molecule has 3 rings (SSSR count). The summed E-state index contributed by atoms with van der Waals surface area (Å²) < 4.78 is 9.95. The summed E-state index contributed by atoms with van der Waals surface area (Å²) in [4.78, 5) is 2.38. The normalized spacial score (nSPS) is 11.4. The molecule has 27 heavy (non-hydrogen) atoms. The van der Waals surface area contributed by atoms with Crippen LogP contribution in [0.15, 0.2) is 48.5 Å². The molecule has 0 unspecified atom stereocenters. The highest BCUT2D eigenvalue weighted by Crippen LogP contribution is 2.16. The van der Waals surface area contributed by atoms with Crippen molar-refractivity contribution in [2.45, 2.75) is 26.9 Å². The Labute approximate surface area is 165 Å². The van der Waals surface area contributed by atoms with E-state index in [4.69, 9.17) is 21.7 Å². The Balaban J connectivity index is 1.77. The molecule has 0 fully saturated rings. The van der Waals surface area contributed by atoms with Gasteiger partial charge in [-0.15, -0.1) is 0 Å². The lowest BCUT2D eigenvalue weighted by Gasteiger charge is -2.18. The summed E-state index contributed by atoms with van der Waals surface area (Å²) in [6.45, 7) is 9.28. The van der Waals surface area contributed by atoms with Crippen molar-refractivity contribution >= 4 is 22.6 Å². The van der Waals surface area contributed by atoms with Gasteiger partial charge in [-0.05, 0) is 49.5 Å². The van der Waals surface area contributed by atoms with Crippen LogP contribution in [0.5, 0.6) is 5.75 Å². The van der Waals surface area contributed by atoms with Gasteiger partial charge in [-0.2, -0.15) is 0 Å². The molecule has 0 atom stereocenters. The molecular formula is C21H27ClN4O. The number of aromatic nitrogens is 2. The number of benzene rings is 2. The lowest BCUT2D eigenvalue weighted by atomic mass is 10.3. The second-order valence-electron chi connectivity index (χ2n) is 6.44. The Hall–Kier alpha value is -2.24. The van der Waals surface area contributed by atoms with E-state index in [0.29, 0.717) is 23.8 Å². The zero-order chi connectivity index (χ0) is 19.2. The fourth-order valence-electron chi connectivity index (χ4n) is 3.31. The number of likely N-dealkylation sites (N-methyl/N-ethyl adjacent to an activating group) is 1. The number of rotatable bonds is 9. The number of ether oxygens (including phenoxy) is 1. The summed E-state index contributed by atoms with van der Waals surface area (Å²) >= 11 is 5.91. The summed E-state index contributed by atoms with van der Waals surface area (Å²) in [7, 11) is 0. The minimum Gasteiger partial charge on any atom is -0.492 e. The molecule has 1 N–H and O–H groups in total. The van der Waals surface area contributed by atoms with Crippen molar-refractivity contribution in [3.05, 3.63) is 59.2 Å². The maximum atomic E-state index is 8.68. The Morgan fingerprint density at radius 1 is 0.926 bits per heavy atom. The van der Waals surface area contributed by atoms with Crippen LogP contribution in [0.4, 0.5) is 0 Å². The van der Waals surface area contributed by atoms with Crippen molar-refractivity contribution in [3.63, 3.8) is 0 Å². The van der Waals surface area contributed by atoms with Gasteiger partial charge < -0.3 is 18.8 Å². The van der Waals surface area contributed by atoms with Gasteiger partial charge in [0, 0.05) is 18.1 Å². The second kappa shape index (κ2) is 9.11. The van der Waals surface area contributed by atoms with Gasteiger partial charge in [0.2, 0.25) is 5.62 Å². The number of hydrogen-bond donors (Lipinski definition) is 1. The number of nitrogens with zero attached hydrogens (tertiary/aromatic N) is 3. The second-order valence-corrected chi connectivity index (χ2v) is 6.88. The summed E-state index contributed by atoms with van der Waals surface area (Å²) in [5, 5.41) is 9.37. The Morgan fingerprint density at radius 2 is 1.52 bits per heavy atom. The van der Waals surface area contributed by atoms with Crippen LogP contribution < -0.4 is 10.4 Å². The minimum atomic E-state index is 0.502. The summed E-state index contributed by atoms with van der Waals surface area (Å²) in [6.07, 6.45) is 0. The van der Waals surface area contributed by atoms with Crippen LogP contribution in [0.25, 0.3) is 11.0 Å².